The molecule has 1 aromatic heterocycles. The summed E-state index contributed by atoms with van der Waals surface area (Å²) in [5, 5.41) is 1.09. The Balaban J connectivity index is 1.46. The summed E-state index contributed by atoms with van der Waals surface area (Å²) in [6, 6.07) is 13.6. The number of unbranched alkanes of at least 4 members (excludes halogenated alkanes) is 1. The minimum atomic E-state index is 0.00929. The van der Waals surface area contributed by atoms with Crippen molar-refractivity contribution >= 4 is 22.6 Å². The standard InChI is InChI=1S/C28H35N3O4/c1-5-7-17-35-23-12-11-21(19-25(23)34-6-2)28(32)31-15-13-30(14-16-31)26-18-20(3)22-9-8-10-24(33-4)27(22)29-26/h8-12,18-19H,5-7,13-17H2,1-4H3. The van der Waals surface area contributed by atoms with Crippen LogP contribution in [0.2, 0.25) is 0 Å². The van der Waals surface area contributed by atoms with Gasteiger partial charge in [-0.1, -0.05) is 25.5 Å². The molecule has 0 unspecified atom stereocenters. The fraction of sp³-hybridized carbons (Fsp3) is 0.429. The summed E-state index contributed by atoms with van der Waals surface area (Å²) in [4.78, 5) is 22.3. The van der Waals surface area contributed by atoms with E-state index in [1.165, 1.54) is 0 Å². The Labute approximate surface area is 207 Å². The van der Waals surface area contributed by atoms with Gasteiger partial charge in [0.15, 0.2) is 11.5 Å². The molecule has 7 heteroatoms. The molecule has 0 N–H and O–H groups in total. The number of nitrogens with zero attached hydrogens (tertiary/aromatic N) is 3. The second kappa shape index (κ2) is 11.3. The molecule has 1 fully saturated rings. The van der Waals surface area contributed by atoms with E-state index in [2.05, 4.69) is 30.9 Å². The number of hydrogen-bond donors (Lipinski definition) is 0. The van der Waals surface area contributed by atoms with Gasteiger partial charge in [-0.05, 0) is 56.2 Å². The number of benzene rings is 2. The van der Waals surface area contributed by atoms with E-state index in [1.54, 1.807) is 13.2 Å². The maximum Gasteiger partial charge on any atom is 0.254 e. The number of anilines is 1. The summed E-state index contributed by atoms with van der Waals surface area (Å²) in [5.74, 6) is 3.01. The van der Waals surface area contributed by atoms with Crippen LogP contribution in [0.25, 0.3) is 10.9 Å². The van der Waals surface area contributed by atoms with Crippen LogP contribution in [-0.4, -0.2) is 62.3 Å². The van der Waals surface area contributed by atoms with Gasteiger partial charge in [-0.2, -0.15) is 0 Å². The number of ether oxygens (including phenoxy) is 3. The van der Waals surface area contributed by atoms with Crippen LogP contribution in [0.1, 0.15) is 42.6 Å². The third-order valence-corrected chi connectivity index (χ3v) is 6.35. The van der Waals surface area contributed by atoms with Crippen molar-refractivity contribution in [1.29, 1.82) is 0 Å². The van der Waals surface area contributed by atoms with Crippen LogP contribution in [0, 0.1) is 6.92 Å². The third kappa shape index (κ3) is 5.45. The largest absolute Gasteiger partial charge is 0.494 e. The molecule has 0 radical (unpaired) electrons. The number of carbonyl (C=O) groups is 1. The maximum atomic E-state index is 13.3. The van der Waals surface area contributed by atoms with Gasteiger partial charge in [0.25, 0.3) is 5.91 Å². The van der Waals surface area contributed by atoms with Gasteiger partial charge in [-0.3, -0.25) is 4.79 Å². The quantitative estimate of drug-likeness (QED) is 0.400. The molecule has 3 aromatic rings. The van der Waals surface area contributed by atoms with Crippen molar-refractivity contribution < 1.29 is 19.0 Å². The molecule has 1 saturated heterocycles. The fourth-order valence-corrected chi connectivity index (χ4v) is 4.38. The molecular formula is C28H35N3O4. The highest BCUT2D eigenvalue weighted by molar-refractivity contribution is 5.95. The highest BCUT2D eigenvalue weighted by Gasteiger charge is 2.24. The number of hydrogen-bond acceptors (Lipinski definition) is 6. The summed E-state index contributed by atoms with van der Waals surface area (Å²) >= 11 is 0. The van der Waals surface area contributed by atoms with Crippen molar-refractivity contribution in [2.24, 2.45) is 0 Å². The minimum Gasteiger partial charge on any atom is -0.494 e. The summed E-state index contributed by atoms with van der Waals surface area (Å²) in [7, 11) is 1.67. The summed E-state index contributed by atoms with van der Waals surface area (Å²) in [6.07, 6.45) is 2.04. The molecule has 2 aromatic carbocycles. The molecule has 0 aliphatic carbocycles. The van der Waals surface area contributed by atoms with Crippen LogP contribution in [0.4, 0.5) is 5.82 Å². The number of methoxy groups -OCH3 is 1. The molecule has 0 saturated carbocycles. The number of aryl methyl sites for hydroxylation is 1. The zero-order chi connectivity index (χ0) is 24.8. The Hall–Kier alpha value is -3.48. The van der Waals surface area contributed by atoms with Gasteiger partial charge in [-0.15, -0.1) is 0 Å². The maximum absolute atomic E-state index is 13.3. The molecule has 0 spiro atoms. The Morgan fingerprint density at radius 1 is 0.971 bits per heavy atom. The monoisotopic (exact) mass is 477 g/mol. The number of fused-ring (bicyclic) bond motifs is 1. The number of pyridine rings is 1. The predicted octanol–water partition coefficient (Wildman–Crippen LogP) is 5.09. The van der Waals surface area contributed by atoms with E-state index in [4.69, 9.17) is 19.2 Å². The first kappa shape index (κ1) is 24.6. The van der Waals surface area contributed by atoms with E-state index in [-0.39, 0.29) is 5.91 Å². The topological polar surface area (TPSA) is 64.1 Å². The normalized spacial score (nSPS) is 13.7. The van der Waals surface area contributed by atoms with Gasteiger partial charge in [0.2, 0.25) is 0 Å². The van der Waals surface area contributed by atoms with Crippen molar-refractivity contribution in [2.45, 2.75) is 33.6 Å². The lowest BCUT2D eigenvalue weighted by atomic mass is 10.1. The molecule has 1 aliphatic heterocycles. The van der Waals surface area contributed by atoms with Gasteiger partial charge in [-0.25, -0.2) is 4.98 Å². The molecule has 1 aliphatic rings. The Morgan fingerprint density at radius 2 is 1.77 bits per heavy atom. The molecule has 0 atom stereocenters. The van der Waals surface area contributed by atoms with Gasteiger partial charge >= 0.3 is 0 Å². The number of para-hydroxylation sites is 1. The Bertz CT molecular complexity index is 1170. The van der Waals surface area contributed by atoms with Crippen molar-refractivity contribution in [3.05, 3.63) is 53.6 Å². The first-order valence-corrected chi connectivity index (χ1v) is 12.4. The molecule has 2 heterocycles. The molecule has 186 valence electrons. The van der Waals surface area contributed by atoms with Crippen LogP contribution in [0.5, 0.6) is 17.2 Å². The number of carbonyl (C=O) groups excluding carboxylic acids is 1. The van der Waals surface area contributed by atoms with Gasteiger partial charge < -0.3 is 24.0 Å². The highest BCUT2D eigenvalue weighted by Crippen LogP contribution is 2.31. The molecular weight excluding hydrogens is 442 g/mol. The van der Waals surface area contributed by atoms with E-state index < -0.39 is 0 Å². The van der Waals surface area contributed by atoms with Crippen molar-refractivity contribution in [1.82, 2.24) is 9.88 Å². The van der Waals surface area contributed by atoms with Crippen LogP contribution >= 0.6 is 0 Å². The summed E-state index contributed by atoms with van der Waals surface area (Å²) in [6.45, 7) is 10.0. The Morgan fingerprint density at radius 3 is 2.49 bits per heavy atom. The fourth-order valence-electron chi connectivity index (χ4n) is 4.38. The van der Waals surface area contributed by atoms with E-state index in [1.807, 2.05) is 36.1 Å². The second-order valence-corrected chi connectivity index (χ2v) is 8.73. The predicted molar refractivity (Wildman–Crippen MR) is 139 cm³/mol. The van der Waals surface area contributed by atoms with Crippen LogP contribution in [-0.2, 0) is 0 Å². The summed E-state index contributed by atoms with van der Waals surface area (Å²) in [5.41, 5.74) is 2.65. The SMILES string of the molecule is CCCCOc1ccc(C(=O)N2CCN(c3cc(C)c4cccc(OC)c4n3)CC2)cc1OCC. The van der Waals surface area contributed by atoms with E-state index in [0.29, 0.717) is 43.4 Å². The third-order valence-electron chi connectivity index (χ3n) is 6.35. The number of rotatable bonds is 9. The zero-order valence-electron chi connectivity index (χ0n) is 21.2. The van der Waals surface area contributed by atoms with E-state index in [0.717, 1.165) is 54.0 Å². The van der Waals surface area contributed by atoms with Crippen LogP contribution in [0.15, 0.2) is 42.5 Å². The average Bonchev–Trinajstić information content (AvgIpc) is 2.89. The lowest BCUT2D eigenvalue weighted by molar-refractivity contribution is 0.0746. The highest BCUT2D eigenvalue weighted by atomic mass is 16.5. The first-order chi connectivity index (χ1) is 17.0. The van der Waals surface area contributed by atoms with Crippen molar-refractivity contribution in [3.8, 4) is 17.2 Å². The Kier molecular flexibility index (Phi) is 7.95. The molecule has 0 bridgehead atoms. The van der Waals surface area contributed by atoms with Crippen LogP contribution in [0.3, 0.4) is 0 Å². The van der Waals surface area contributed by atoms with Gasteiger partial charge in [0.05, 0.1) is 20.3 Å². The molecule has 1 amide bonds. The van der Waals surface area contributed by atoms with Crippen molar-refractivity contribution in [3.63, 3.8) is 0 Å². The average molecular weight is 478 g/mol. The first-order valence-electron chi connectivity index (χ1n) is 12.4. The molecule has 35 heavy (non-hydrogen) atoms. The van der Waals surface area contributed by atoms with Crippen LogP contribution < -0.4 is 19.1 Å². The zero-order valence-corrected chi connectivity index (χ0v) is 21.2. The summed E-state index contributed by atoms with van der Waals surface area (Å²) < 4.78 is 17.2. The lowest BCUT2D eigenvalue weighted by Gasteiger charge is -2.35. The smallest absolute Gasteiger partial charge is 0.254 e. The minimum absolute atomic E-state index is 0.00929. The molecule has 4 rings (SSSR count). The van der Waals surface area contributed by atoms with E-state index >= 15 is 0 Å². The number of amides is 1. The molecule has 7 nitrogen and oxygen atoms in total. The lowest BCUT2D eigenvalue weighted by Crippen LogP contribution is -2.49. The van der Waals surface area contributed by atoms with E-state index in [9.17, 15) is 4.79 Å². The number of aromatic nitrogens is 1. The second-order valence-electron chi connectivity index (χ2n) is 8.73. The van der Waals surface area contributed by atoms with Gasteiger partial charge in [0.1, 0.15) is 17.1 Å². The number of piperazine rings is 1. The van der Waals surface area contributed by atoms with Gasteiger partial charge in [0, 0.05) is 37.1 Å². The van der Waals surface area contributed by atoms with Crippen molar-refractivity contribution in [2.75, 3.05) is 51.4 Å².